The van der Waals surface area contributed by atoms with E-state index in [2.05, 4.69) is 38.2 Å². The van der Waals surface area contributed by atoms with Crippen molar-refractivity contribution in [1.82, 2.24) is 5.32 Å². The summed E-state index contributed by atoms with van der Waals surface area (Å²) in [6.07, 6.45) is 8.39. The second-order valence-corrected chi connectivity index (χ2v) is 6.53. The van der Waals surface area contributed by atoms with Crippen LogP contribution in [-0.4, -0.2) is 13.7 Å². The van der Waals surface area contributed by atoms with Crippen molar-refractivity contribution in [2.45, 2.75) is 65.3 Å². The van der Waals surface area contributed by atoms with Crippen LogP contribution in [0.2, 0.25) is 0 Å². The van der Waals surface area contributed by atoms with Gasteiger partial charge in [-0.15, -0.1) is 0 Å². The molecule has 0 amide bonds. The van der Waals surface area contributed by atoms with Crippen molar-refractivity contribution in [3.63, 3.8) is 0 Å². The van der Waals surface area contributed by atoms with E-state index in [0.29, 0.717) is 6.04 Å². The lowest BCUT2D eigenvalue weighted by molar-refractivity contribution is 0.404. The predicted molar refractivity (Wildman–Crippen MR) is 90.1 cm³/mol. The summed E-state index contributed by atoms with van der Waals surface area (Å²) in [5.41, 5.74) is 3.91. The normalized spacial score (nSPS) is 17.1. The highest BCUT2D eigenvalue weighted by Gasteiger charge is 2.19. The zero-order valence-corrected chi connectivity index (χ0v) is 14.2. The first kappa shape index (κ1) is 16.4. The molecule has 21 heavy (non-hydrogen) atoms. The Bertz CT molecular complexity index is 426. The molecule has 1 atom stereocenters. The molecular weight excluding hydrogens is 258 g/mol. The standard InChI is InChI=1S/C19H31NO/c1-5-20-18(11-10-16-8-6-7-9-16)17-12-14(2)19(21-4)15(3)13-17/h12-13,16,18,20H,5-11H2,1-4H3. The molecule has 0 aromatic heterocycles. The van der Waals surface area contributed by atoms with Crippen LogP contribution in [0.25, 0.3) is 0 Å². The Labute approximate surface area is 130 Å². The van der Waals surface area contributed by atoms with Crippen molar-refractivity contribution in [2.75, 3.05) is 13.7 Å². The van der Waals surface area contributed by atoms with E-state index < -0.39 is 0 Å². The summed E-state index contributed by atoms with van der Waals surface area (Å²) in [5, 5.41) is 3.67. The van der Waals surface area contributed by atoms with Crippen molar-refractivity contribution in [3.8, 4) is 5.75 Å². The first-order valence-electron chi connectivity index (χ1n) is 8.54. The molecule has 2 rings (SSSR count). The maximum absolute atomic E-state index is 5.49. The van der Waals surface area contributed by atoms with Gasteiger partial charge in [0.2, 0.25) is 0 Å². The number of rotatable bonds is 7. The summed E-state index contributed by atoms with van der Waals surface area (Å²) in [7, 11) is 1.76. The molecule has 0 radical (unpaired) electrons. The number of hydrogen-bond donors (Lipinski definition) is 1. The van der Waals surface area contributed by atoms with Crippen LogP contribution in [0.1, 0.15) is 68.2 Å². The van der Waals surface area contributed by atoms with Crippen molar-refractivity contribution < 1.29 is 4.74 Å². The highest BCUT2D eigenvalue weighted by Crippen LogP contribution is 2.33. The number of hydrogen-bond acceptors (Lipinski definition) is 2. The Kier molecular flexibility index (Phi) is 6.10. The van der Waals surface area contributed by atoms with Crippen LogP contribution in [0.4, 0.5) is 0 Å². The summed E-state index contributed by atoms with van der Waals surface area (Å²) in [6, 6.07) is 5.08. The quantitative estimate of drug-likeness (QED) is 0.768. The van der Waals surface area contributed by atoms with Crippen molar-refractivity contribution in [2.24, 2.45) is 5.92 Å². The van der Waals surface area contributed by atoms with E-state index in [1.165, 1.54) is 55.2 Å². The minimum absolute atomic E-state index is 0.485. The fourth-order valence-corrected chi connectivity index (χ4v) is 3.84. The zero-order chi connectivity index (χ0) is 15.2. The highest BCUT2D eigenvalue weighted by atomic mass is 16.5. The van der Waals surface area contributed by atoms with Gasteiger partial charge in [0.05, 0.1) is 7.11 Å². The zero-order valence-electron chi connectivity index (χ0n) is 14.2. The average Bonchev–Trinajstić information content (AvgIpc) is 2.96. The largest absolute Gasteiger partial charge is 0.496 e. The van der Waals surface area contributed by atoms with Crippen molar-refractivity contribution in [1.29, 1.82) is 0 Å². The third-order valence-electron chi connectivity index (χ3n) is 4.88. The second kappa shape index (κ2) is 7.84. The van der Waals surface area contributed by atoms with Gasteiger partial charge < -0.3 is 10.1 Å². The Morgan fingerprint density at radius 1 is 1.19 bits per heavy atom. The lowest BCUT2D eigenvalue weighted by atomic mass is 9.93. The van der Waals surface area contributed by atoms with Gasteiger partial charge in [0.1, 0.15) is 5.75 Å². The molecule has 0 bridgehead atoms. The van der Waals surface area contributed by atoms with E-state index in [1.54, 1.807) is 7.11 Å². The fourth-order valence-electron chi connectivity index (χ4n) is 3.84. The number of methoxy groups -OCH3 is 1. The first-order valence-corrected chi connectivity index (χ1v) is 8.54. The third kappa shape index (κ3) is 4.23. The maximum atomic E-state index is 5.49. The summed E-state index contributed by atoms with van der Waals surface area (Å²) >= 11 is 0. The molecule has 0 spiro atoms. The predicted octanol–water partition coefficient (Wildman–Crippen LogP) is 4.93. The molecule has 1 aromatic carbocycles. The Hall–Kier alpha value is -1.02. The number of aryl methyl sites for hydroxylation is 2. The lowest BCUT2D eigenvalue weighted by Gasteiger charge is -2.22. The molecule has 2 nitrogen and oxygen atoms in total. The minimum atomic E-state index is 0.485. The van der Waals surface area contributed by atoms with Crippen LogP contribution in [0.15, 0.2) is 12.1 Å². The number of benzene rings is 1. The van der Waals surface area contributed by atoms with E-state index in [-0.39, 0.29) is 0 Å². The van der Waals surface area contributed by atoms with Gasteiger partial charge in [0, 0.05) is 6.04 Å². The van der Waals surface area contributed by atoms with Crippen LogP contribution in [0.3, 0.4) is 0 Å². The molecule has 1 unspecified atom stereocenters. The minimum Gasteiger partial charge on any atom is -0.496 e. The van der Waals surface area contributed by atoms with Gasteiger partial charge in [-0.1, -0.05) is 44.7 Å². The average molecular weight is 289 g/mol. The molecule has 118 valence electrons. The van der Waals surface area contributed by atoms with Gasteiger partial charge in [0.25, 0.3) is 0 Å². The van der Waals surface area contributed by atoms with Crippen molar-refractivity contribution in [3.05, 3.63) is 28.8 Å². The molecular formula is C19H31NO. The fraction of sp³-hybridized carbons (Fsp3) is 0.684. The monoisotopic (exact) mass is 289 g/mol. The van der Waals surface area contributed by atoms with Gasteiger partial charge in [-0.3, -0.25) is 0 Å². The maximum Gasteiger partial charge on any atom is 0.124 e. The Morgan fingerprint density at radius 3 is 2.33 bits per heavy atom. The van der Waals surface area contributed by atoms with Gasteiger partial charge in [-0.2, -0.15) is 0 Å². The highest BCUT2D eigenvalue weighted by molar-refractivity contribution is 5.44. The first-order chi connectivity index (χ1) is 10.2. The molecule has 0 aliphatic heterocycles. The topological polar surface area (TPSA) is 21.3 Å². The van der Waals surface area contributed by atoms with Crippen LogP contribution < -0.4 is 10.1 Å². The van der Waals surface area contributed by atoms with Crippen molar-refractivity contribution >= 4 is 0 Å². The van der Waals surface area contributed by atoms with Gasteiger partial charge >= 0.3 is 0 Å². The van der Waals surface area contributed by atoms with E-state index in [9.17, 15) is 0 Å². The van der Waals surface area contributed by atoms with Crippen LogP contribution >= 0.6 is 0 Å². The van der Waals surface area contributed by atoms with Gasteiger partial charge in [0.15, 0.2) is 0 Å². The summed E-state index contributed by atoms with van der Waals surface area (Å²) in [5.74, 6) is 2.00. The smallest absolute Gasteiger partial charge is 0.124 e. The number of nitrogens with one attached hydrogen (secondary N) is 1. The third-order valence-corrected chi connectivity index (χ3v) is 4.88. The Balaban J connectivity index is 2.09. The molecule has 1 saturated carbocycles. The second-order valence-electron chi connectivity index (χ2n) is 6.53. The molecule has 1 aromatic rings. The molecule has 0 heterocycles. The Morgan fingerprint density at radius 2 is 1.81 bits per heavy atom. The van der Waals surface area contributed by atoms with E-state index in [1.807, 2.05) is 0 Å². The van der Waals surface area contributed by atoms with E-state index in [4.69, 9.17) is 4.74 Å². The summed E-state index contributed by atoms with van der Waals surface area (Å²) < 4.78 is 5.49. The molecule has 1 fully saturated rings. The number of ether oxygens (including phenoxy) is 1. The van der Waals surface area contributed by atoms with Crippen LogP contribution in [-0.2, 0) is 0 Å². The van der Waals surface area contributed by atoms with Crippen LogP contribution in [0.5, 0.6) is 5.75 Å². The molecule has 1 aliphatic carbocycles. The summed E-state index contributed by atoms with van der Waals surface area (Å²) in [6.45, 7) is 7.52. The van der Waals surface area contributed by atoms with Gasteiger partial charge in [-0.25, -0.2) is 0 Å². The van der Waals surface area contributed by atoms with E-state index >= 15 is 0 Å². The molecule has 1 N–H and O–H groups in total. The molecule has 0 saturated heterocycles. The van der Waals surface area contributed by atoms with Crippen LogP contribution in [0, 0.1) is 19.8 Å². The van der Waals surface area contributed by atoms with E-state index in [0.717, 1.165) is 18.2 Å². The lowest BCUT2D eigenvalue weighted by Crippen LogP contribution is -2.22. The molecule has 1 aliphatic rings. The SMILES string of the molecule is CCNC(CCC1CCCC1)c1cc(C)c(OC)c(C)c1. The molecule has 2 heteroatoms. The van der Waals surface area contributed by atoms with Gasteiger partial charge in [-0.05, 0) is 55.8 Å². The summed E-state index contributed by atoms with van der Waals surface area (Å²) in [4.78, 5) is 0.